The molecule has 0 saturated carbocycles. The van der Waals surface area contributed by atoms with Crippen molar-refractivity contribution in [2.75, 3.05) is 10.8 Å². The van der Waals surface area contributed by atoms with Gasteiger partial charge in [0.2, 0.25) is 5.91 Å². The van der Waals surface area contributed by atoms with Gasteiger partial charge in [-0.1, -0.05) is 73.5 Å². The summed E-state index contributed by atoms with van der Waals surface area (Å²) < 4.78 is 68.5. The van der Waals surface area contributed by atoms with Crippen LogP contribution in [0.3, 0.4) is 0 Å². The van der Waals surface area contributed by atoms with Crippen molar-refractivity contribution in [3.63, 3.8) is 0 Å². The third-order valence-electron chi connectivity index (χ3n) is 6.22. The standard InChI is InChI=1S/C28H30ClF3N2O3S/c1-19-10-13-23(14-11-19)38(36,37)34(22-12-15-25(29)24(16-22)28(30,31)32)18-26(35)33-20(2)17-27(3,4)21-8-6-5-7-9-21/h5-16,20H,17-18H2,1-4H3,(H,33,35). The van der Waals surface area contributed by atoms with Crippen molar-refractivity contribution in [3.05, 3.63) is 94.5 Å². The van der Waals surface area contributed by atoms with Crippen LogP contribution in [0.2, 0.25) is 5.02 Å². The van der Waals surface area contributed by atoms with Crippen LogP contribution in [-0.2, 0) is 26.4 Å². The van der Waals surface area contributed by atoms with Gasteiger partial charge < -0.3 is 5.32 Å². The number of alkyl halides is 3. The van der Waals surface area contributed by atoms with Gasteiger partial charge in [-0.15, -0.1) is 0 Å². The second-order valence-corrected chi connectivity index (χ2v) is 12.2. The first-order chi connectivity index (χ1) is 17.6. The number of nitrogens with one attached hydrogen (secondary N) is 1. The summed E-state index contributed by atoms with van der Waals surface area (Å²) in [6.45, 7) is 6.92. The molecule has 0 saturated heterocycles. The second kappa shape index (κ2) is 11.4. The van der Waals surface area contributed by atoms with Gasteiger partial charge in [0, 0.05) is 6.04 Å². The lowest BCUT2D eigenvalue weighted by molar-refractivity contribution is -0.137. The molecular weight excluding hydrogens is 537 g/mol. The van der Waals surface area contributed by atoms with Gasteiger partial charge in [0.1, 0.15) is 6.54 Å². The molecule has 0 spiro atoms. The highest BCUT2D eigenvalue weighted by atomic mass is 35.5. The Morgan fingerprint density at radius 3 is 2.18 bits per heavy atom. The van der Waals surface area contributed by atoms with Gasteiger partial charge in [-0.05, 0) is 61.6 Å². The van der Waals surface area contributed by atoms with Crippen molar-refractivity contribution in [1.29, 1.82) is 0 Å². The summed E-state index contributed by atoms with van der Waals surface area (Å²) in [5, 5.41) is 2.23. The van der Waals surface area contributed by atoms with Crippen molar-refractivity contribution in [2.24, 2.45) is 0 Å². The molecule has 3 rings (SSSR count). The molecule has 10 heteroatoms. The van der Waals surface area contributed by atoms with E-state index in [9.17, 15) is 26.4 Å². The molecular formula is C28H30ClF3N2O3S. The fraction of sp³-hybridized carbons (Fsp3) is 0.321. The van der Waals surface area contributed by atoms with Crippen molar-refractivity contribution in [3.8, 4) is 0 Å². The molecule has 0 radical (unpaired) electrons. The number of anilines is 1. The van der Waals surface area contributed by atoms with E-state index in [2.05, 4.69) is 5.32 Å². The highest BCUT2D eigenvalue weighted by molar-refractivity contribution is 7.92. The first-order valence-corrected chi connectivity index (χ1v) is 13.7. The Morgan fingerprint density at radius 1 is 1.00 bits per heavy atom. The monoisotopic (exact) mass is 566 g/mol. The molecule has 0 heterocycles. The van der Waals surface area contributed by atoms with Crippen LogP contribution in [0, 0.1) is 6.92 Å². The maximum absolute atomic E-state index is 13.6. The zero-order valence-electron chi connectivity index (χ0n) is 21.5. The van der Waals surface area contributed by atoms with Crippen molar-refractivity contribution >= 4 is 33.2 Å². The minimum absolute atomic E-state index is 0.155. The number of aryl methyl sites for hydroxylation is 1. The van der Waals surface area contributed by atoms with Crippen LogP contribution in [0.15, 0.2) is 77.7 Å². The molecule has 1 unspecified atom stereocenters. The molecule has 1 N–H and O–H groups in total. The molecule has 3 aromatic carbocycles. The van der Waals surface area contributed by atoms with E-state index in [1.807, 2.05) is 44.2 Å². The first kappa shape index (κ1) is 29.5. The van der Waals surface area contributed by atoms with E-state index in [0.717, 1.165) is 23.3 Å². The van der Waals surface area contributed by atoms with Crippen LogP contribution in [0.25, 0.3) is 0 Å². The number of hydrogen-bond acceptors (Lipinski definition) is 3. The summed E-state index contributed by atoms with van der Waals surface area (Å²) in [6.07, 6.45) is -4.27. The first-order valence-electron chi connectivity index (χ1n) is 11.9. The number of amides is 1. The summed E-state index contributed by atoms with van der Waals surface area (Å²) in [6, 6.07) is 18.0. The predicted molar refractivity (Wildman–Crippen MR) is 144 cm³/mol. The summed E-state index contributed by atoms with van der Waals surface area (Å²) >= 11 is 5.75. The van der Waals surface area contributed by atoms with Crippen LogP contribution in [0.1, 0.15) is 43.9 Å². The predicted octanol–water partition coefficient (Wildman–Crippen LogP) is 6.74. The van der Waals surface area contributed by atoms with E-state index in [1.165, 1.54) is 12.1 Å². The molecule has 0 bridgehead atoms. The van der Waals surface area contributed by atoms with E-state index in [1.54, 1.807) is 26.0 Å². The Kier molecular flexibility index (Phi) is 8.83. The minimum Gasteiger partial charge on any atom is -0.352 e. The molecule has 0 aromatic heterocycles. The van der Waals surface area contributed by atoms with Crippen molar-refractivity contribution in [1.82, 2.24) is 5.32 Å². The van der Waals surface area contributed by atoms with Crippen molar-refractivity contribution < 1.29 is 26.4 Å². The third-order valence-corrected chi connectivity index (χ3v) is 8.34. The largest absolute Gasteiger partial charge is 0.417 e. The van der Waals surface area contributed by atoms with Gasteiger partial charge in [-0.2, -0.15) is 13.2 Å². The summed E-state index contributed by atoms with van der Waals surface area (Å²) in [4.78, 5) is 12.9. The van der Waals surface area contributed by atoms with Gasteiger partial charge in [0.15, 0.2) is 0 Å². The Labute approximate surface area is 226 Å². The smallest absolute Gasteiger partial charge is 0.352 e. The number of carbonyl (C=O) groups excluding carboxylic acids is 1. The lowest BCUT2D eigenvalue weighted by atomic mass is 9.79. The molecule has 1 amide bonds. The average Bonchev–Trinajstić information content (AvgIpc) is 2.82. The van der Waals surface area contributed by atoms with Crippen LogP contribution < -0.4 is 9.62 Å². The molecule has 38 heavy (non-hydrogen) atoms. The topological polar surface area (TPSA) is 66.5 Å². The van der Waals surface area contributed by atoms with Gasteiger partial charge in [-0.25, -0.2) is 8.42 Å². The van der Waals surface area contributed by atoms with Crippen molar-refractivity contribution in [2.45, 2.75) is 56.6 Å². The Balaban J connectivity index is 1.91. The molecule has 0 aliphatic rings. The maximum Gasteiger partial charge on any atom is 0.417 e. The fourth-order valence-electron chi connectivity index (χ4n) is 4.31. The van der Waals surface area contributed by atoms with E-state index in [4.69, 9.17) is 11.6 Å². The SMILES string of the molecule is Cc1ccc(S(=O)(=O)N(CC(=O)NC(C)CC(C)(C)c2ccccc2)c2ccc(Cl)c(C(F)(F)F)c2)cc1. The maximum atomic E-state index is 13.6. The molecule has 0 aliphatic carbocycles. The second-order valence-electron chi connectivity index (χ2n) is 9.91. The molecule has 3 aromatic rings. The minimum atomic E-state index is -4.81. The quantitative estimate of drug-likeness (QED) is 0.312. The molecule has 0 fully saturated rings. The number of sulfonamides is 1. The molecule has 1 atom stereocenters. The number of rotatable bonds is 9. The highest BCUT2D eigenvalue weighted by Crippen LogP contribution is 2.38. The number of nitrogens with zero attached hydrogens (tertiary/aromatic N) is 1. The average molecular weight is 567 g/mol. The van der Waals surface area contributed by atoms with Gasteiger partial charge >= 0.3 is 6.18 Å². The van der Waals surface area contributed by atoms with Gasteiger partial charge in [0.25, 0.3) is 10.0 Å². The van der Waals surface area contributed by atoms with Crippen LogP contribution in [-0.4, -0.2) is 26.9 Å². The van der Waals surface area contributed by atoms with Crippen LogP contribution in [0.5, 0.6) is 0 Å². The number of carbonyl (C=O) groups is 1. The van der Waals surface area contributed by atoms with Crippen LogP contribution >= 0.6 is 11.6 Å². The number of halogens is 4. The Hall–Kier alpha value is -3.04. The van der Waals surface area contributed by atoms with E-state index >= 15 is 0 Å². The molecule has 5 nitrogen and oxygen atoms in total. The van der Waals surface area contributed by atoms with Gasteiger partial charge in [0.05, 0.1) is 21.2 Å². The number of benzene rings is 3. The Bertz CT molecular complexity index is 1380. The normalized spacial score (nSPS) is 13.2. The Morgan fingerprint density at radius 2 is 1.61 bits per heavy atom. The third kappa shape index (κ3) is 7.08. The molecule has 204 valence electrons. The summed E-state index contributed by atoms with van der Waals surface area (Å²) in [5.74, 6) is -0.652. The lowest BCUT2D eigenvalue weighted by Gasteiger charge is -2.30. The van der Waals surface area contributed by atoms with Gasteiger partial charge in [-0.3, -0.25) is 9.10 Å². The fourth-order valence-corrected chi connectivity index (χ4v) is 5.95. The molecule has 0 aliphatic heterocycles. The lowest BCUT2D eigenvalue weighted by Crippen LogP contribution is -2.45. The van der Waals surface area contributed by atoms with Crippen LogP contribution in [0.4, 0.5) is 18.9 Å². The van der Waals surface area contributed by atoms with E-state index in [-0.39, 0.29) is 22.0 Å². The zero-order chi connectivity index (χ0) is 28.3. The summed E-state index contributed by atoms with van der Waals surface area (Å²) in [7, 11) is -4.39. The van der Waals surface area contributed by atoms with E-state index < -0.39 is 39.2 Å². The highest BCUT2D eigenvalue weighted by Gasteiger charge is 2.36. The number of hydrogen-bond donors (Lipinski definition) is 1. The zero-order valence-corrected chi connectivity index (χ0v) is 23.1. The van der Waals surface area contributed by atoms with E-state index in [0.29, 0.717) is 16.8 Å². The summed E-state index contributed by atoms with van der Waals surface area (Å²) in [5.41, 5.74) is 0.0627.